The van der Waals surface area contributed by atoms with Gasteiger partial charge in [-0.15, -0.1) is 11.3 Å². The summed E-state index contributed by atoms with van der Waals surface area (Å²) in [6.45, 7) is 2.35. The molecule has 0 aliphatic rings. The monoisotopic (exact) mass is 419 g/mol. The number of nitrogens with one attached hydrogen (secondary N) is 2. The number of carbonyl (C=O) groups excluding carboxylic acids is 2. The standard InChI is InChI=1S/C23H21N3O3S/c1-2-16-9-6-10-17-18(12-24-21(16)17)20(27)13-29-22(28)19-14-30-23(26-19)25-11-15-7-4-3-5-8-15/h3-10,12,14,24H,2,11,13H2,1H3,(H,25,26). The van der Waals surface area contributed by atoms with Gasteiger partial charge in [0.05, 0.1) is 0 Å². The second-order valence-electron chi connectivity index (χ2n) is 6.77. The van der Waals surface area contributed by atoms with Crippen LogP contribution >= 0.6 is 11.3 Å². The molecule has 0 radical (unpaired) electrons. The minimum Gasteiger partial charge on any atom is -0.453 e. The number of aryl methyl sites for hydroxylation is 1. The maximum absolute atomic E-state index is 12.6. The van der Waals surface area contributed by atoms with Crippen molar-refractivity contribution in [2.45, 2.75) is 19.9 Å². The zero-order valence-electron chi connectivity index (χ0n) is 16.5. The summed E-state index contributed by atoms with van der Waals surface area (Å²) in [5, 5.41) is 6.28. The predicted molar refractivity (Wildman–Crippen MR) is 118 cm³/mol. The topological polar surface area (TPSA) is 84.1 Å². The van der Waals surface area contributed by atoms with Gasteiger partial charge in [0.2, 0.25) is 5.78 Å². The van der Waals surface area contributed by atoms with Crippen molar-refractivity contribution in [3.63, 3.8) is 0 Å². The van der Waals surface area contributed by atoms with Gasteiger partial charge in [0, 0.05) is 34.6 Å². The van der Waals surface area contributed by atoms with Crippen molar-refractivity contribution in [3.8, 4) is 0 Å². The van der Waals surface area contributed by atoms with E-state index in [2.05, 4.69) is 22.2 Å². The molecule has 0 aliphatic heterocycles. The third-order valence-corrected chi connectivity index (χ3v) is 5.62. The molecule has 2 aromatic carbocycles. The van der Waals surface area contributed by atoms with Crippen LogP contribution in [0.25, 0.3) is 10.9 Å². The molecule has 0 spiro atoms. The van der Waals surface area contributed by atoms with Crippen LogP contribution < -0.4 is 5.32 Å². The molecular formula is C23H21N3O3S. The molecule has 4 rings (SSSR count). The summed E-state index contributed by atoms with van der Waals surface area (Å²) in [5.41, 5.74) is 3.92. The zero-order chi connectivity index (χ0) is 20.9. The van der Waals surface area contributed by atoms with E-state index in [-0.39, 0.29) is 18.1 Å². The molecule has 152 valence electrons. The van der Waals surface area contributed by atoms with E-state index >= 15 is 0 Å². The molecular weight excluding hydrogens is 398 g/mol. The molecule has 0 fully saturated rings. The molecule has 4 aromatic rings. The van der Waals surface area contributed by atoms with Crippen LogP contribution in [0, 0.1) is 0 Å². The van der Waals surface area contributed by atoms with Crippen molar-refractivity contribution in [2.75, 3.05) is 11.9 Å². The van der Waals surface area contributed by atoms with Crippen molar-refractivity contribution in [3.05, 3.63) is 82.5 Å². The number of benzene rings is 2. The van der Waals surface area contributed by atoms with Crippen LogP contribution in [0.3, 0.4) is 0 Å². The summed E-state index contributed by atoms with van der Waals surface area (Å²) in [7, 11) is 0. The number of rotatable bonds is 8. The first-order valence-corrected chi connectivity index (χ1v) is 10.6. The number of esters is 1. The number of ether oxygens (including phenoxy) is 1. The summed E-state index contributed by atoms with van der Waals surface area (Å²) in [4.78, 5) is 32.3. The number of aromatic amines is 1. The molecule has 0 unspecified atom stereocenters. The number of hydrogen-bond acceptors (Lipinski definition) is 6. The SMILES string of the molecule is CCc1cccc2c(C(=O)COC(=O)c3csc(NCc4ccccc4)n3)c[nH]c12. The van der Waals surface area contributed by atoms with Crippen LogP contribution in [0.1, 0.15) is 38.9 Å². The Hall–Kier alpha value is -3.45. The number of hydrogen-bond donors (Lipinski definition) is 2. The van der Waals surface area contributed by atoms with Crippen LogP contribution in [0.15, 0.2) is 60.1 Å². The van der Waals surface area contributed by atoms with E-state index in [0.29, 0.717) is 17.2 Å². The first-order chi connectivity index (χ1) is 14.7. The lowest BCUT2D eigenvalue weighted by Gasteiger charge is -2.03. The Labute approximate surface area is 177 Å². The summed E-state index contributed by atoms with van der Waals surface area (Å²) < 4.78 is 5.21. The van der Waals surface area contributed by atoms with Crippen molar-refractivity contribution in [1.82, 2.24) is 9.97 Å². The lowest BCUT2D eigenvalue weighted by atomic mass is 10.1. The maximum atomic E-state index is 12.6. The van der Waals surface area contributed by atoms with Crippen molar-refractivity contribution >= 4 is 39.1 Å². The normalized spacial score (nSPS) is 10.8. The van der Waals surface area contributed by atoms with E-state index in [0.717, 1.165) is 28.5 Å². The Balaban J connectivity index is 1.36. The highest BCUT2D eigenvalue weighted by Crippen LogP contribution is 2.23. The minimum absolute atomic E-state index is 0.190. The molecule has 0 bridgehead atoms. The Morgan fingerprint density at radius 1 is 1.13 bits per heavy atom. The summed E-state index contributed by atoms with van der Waals surface area (Å²) in [6, 6.07) is 15.8. The molecule has 0 saturated heterocycles. The summed E-state index contributed by atoms with van der Waals surface area (Å²) >= 11 is 1.32. The van der Waals surface area contributed by atoms with E-state index in [1.165, 1.54) is 11.3 Å². The van der Waals surface area contributed by atoms with Gasteiger partial charge in [-0.2, -0.15) is 0 Å². The van der Waals surface area contributed by atoms with Crippen LogP contribution in [0.5, 0.6) is 0 Å². The van der Waals surface area contributed by atoms with Crippen LogP contribution in [-0.2, 0) is 17.7 Å². The highest BCUT2D eigenvalue weighted by Gasteiger charge is 2.18. The zero-order valence-corrected chi connectivity index (χ0v) is 17.3. The fourth-order valence-electron chi connectivity index (χ4n) is 3.25. The number of nitrogens with zero attached hydrogens (tertiary/aromatic N) is 1. The summed E-state index contributed by atoms with van der Waals surface area (Å²) in [5.74, 6) is -0.859. The first kappa shape index (κ1) is 19.8. The van der Waals surface area contributed by atoms with Crippen LogP contribution in [0.4, 0.5) is 5.13 Å². The molecule has 0 amide bonds. The Morgan fingerprint density at radius 2 is 1.97 bits per heavy atom. The van der Waals surface area contributed by atoms with Gasteiger partial charge in [0.1, 0.15) is 0 Å². The molecule has 2 N–H and O–H groups in total. The van der Waals surface area contributed by atoms with Gasteiger partial charge in [-0.1, -0.05) is 55.5 Å². The smallest absolute Gasteiger partial charge is 0.358 e. The predicted octanol–water partition coefficient (Wildman–Crippen LogP) is 4.84. The molecule has 2 aromatic heterocycles. The minimum atomic E-state index is -0.610. The Bertz CT molecular complexity index is 1180. The molecule has 6 nitrogen and oxygen atoms in total. The lowest BCUT2D eigenvalue weighted by Crippen LogP contribution is -2.14. The van der Waals surface area contributed by atoms with Crippen molar-refractivity contribution in [2.24, 2.45) is 0 Å². The number of para-hydroxylation sites is 1. The molecule has 0 saturated carbocycles. The summed E-state index contributed by atoms with van der Waals surface area (Å²) in [6.07, 6.45) is 2.54. The van der Waals surface area contributed by atoms with E-state index in [1.807, 2.05) is 48.5 Å². The first-order valence-electron chi connectivity index (χ1n) is 9.68. The van der Waals surface area contributed by atoms with Crippen LogP contribution in [0.2, 0.25) is 0 Å². The fourth-order valence-corrected chi connectivity index (χ4v) is 3.93. The Kier molecular flexibility index (Phi) is 5.90. The lowest BCUT2D eigenvalue weighted by molar-refractivity contribution is 0.0470. The maximum Gasteiger partial charge on any atom is 0.358 e. The number of carbonyl (C=O) groups is 2. The third-order valence-electron chi connectivity index (χ3n) is 4.82. The molecule has 0 atom stereocenters. The molecule has 30 heavy (non-hydrogen) atoms. The van der Waals surface area contributed by atoms with E-state index in [1.54, 1.807) is 11.6 Å². The van der Waals surface area contributed by atoms with E-state index < -0.39 is 5.97 Å². The largest absolute Gasteiger partial charge is 0.453 e. The second kappa shape index (κ2) is 8.92. The van der Waals surface area contributed by atoms with E-state index in [4.69, 9.17) is 4.74 Å². The number of thiazole rings is 1. The van der Waals surface area contributed by atoms with Gasteiger partial charge >= 0.3 is 5.97 Å². The number of aromatic nitrogens is 2. The number of H-pyrrole nitrogens is 1. The van der Waals surface area contributed by atoms with Gasteiger partial charge < -0.3 is 15.0 Å². The molecule has 7 heteroatoms. The molecule has 2 heterocycles. The van der Waals surface area contributed by atoms with Gasteiger partial charge in [0.15, 0.2) is 17.4 Å². The van der Waals surface area contributed by atoms with Gasteiger partial charge in [-0.25, -0.2) is 9.78 Å². The average molecular weight is 420 g/mol. The third kappa shape index (κ3) is 4.26. The fraction of sp³-hybridized carbons (Fsp3) is 0.174. The second-order valence-corrected chi connectivity index (χ2v) is 7.63. The Morgan fingerprint density at radius 3 is 2.77 bits per heavy atom. The van der Waals surface area contributed by atoms with Gasteiger partial charge in [0.25, 0.3) is 0 Å². The highest BCUT2D eigenvalue weighted by molar-refractivity contribution is 7.13. The number of anilines is 1. The average Bonchev–Trinajstić information content (AvgIpc) is 3.43. The van der Waals surface area contributed by atoms with Crippen LogP contribution in [-0.4, -0.2) is 28.3 Å². The highest BCUT2D eigenvalue weighted by atomic mass is 32.1. The number of fused-ring (bicyclic) bond motifs is 1. The van der Waals surface area contributed by atoms with Gasteiger partial charge in [-0.3, -0.25) is 4.79 Å². The number of Topliss-reactive ketones (excluding diaryl/α,β-unsaturated/α-hetero) is 1. The van der Waals surface area contributed by atoms with Gasteiger partial charge in [-0.05, 0) is 17.5 Å². The van der Waals surface area contributed by atoms with E-state index in [9.17, 15) is 9.59 Å². The molecule has 0 aliphatic carbocycles. The van der Waals surface area contributed by atoms with Crippen molar-refractivity contribution in [1.29, 1.82) is 0 Å². The quantitative estimate of drug-likeness (QED) is 0.315. The number of ketones is 1. The van der Waals surface area contributed by atoms with Crippen molar-refractivity contribution < 1.29 is 14.3 Å².